The number of amides is 2. The zero-order valence-electron chi connectivity index (χ0n) is 19.2. The van der Waals surface area contributed by atoms with Crippen LogP contribution in [-0.2, 0) is 22.7 Å². The second kappa shape index (κ2) is 10.4. The highest BCUT2D eigenvalue weighted by Gasteiger charge is 2.34. The quantitative estimate of drug-likeness (QED) is 0.527. The van der Waals surface area contributed by atoms with Crippen molar-refractivity contribution in [2.24, 2.45) is 5.92 Å². The van der Waals surface area contributed by atoms with Crippen LogP contribution in [0.25, 0.3) is 0 Å². The van der Waals surface area contributed by atoms with Crippen molar-refractivity contribution in [3.63, 3.8) is 0 Å². The molecule has 0 radical (unpaired) electrons. The molecule has 0 spiro atoms. The number of carbonyl (C=O) groups is 2. The first-order valence-electron chi connectivity index (χ1n) is 11.1. The van der Waals surface area contributed by atoms with Crippen molar-refractivity contribution in [2.45, 2.75) is 26.5 Å². The first-order chi connectivity index (χ1) is 16.4. The Balaban J connectivity index is 1.32. The predicted molar refractivity (Wildman–Crippen MR) is 127 cm³/mol. The van der Waals surface area contributed by atoms with Crippen LogP contribution >= 0.6 is 0 Å². The Morgan fingerprint density at radius 1 is 1.06 bits per heavy atom. The Kier molecular flexibility index (Phi) is 7.11. The summed E-state index contributed by atoms with van der Waals surface area (Å²) in [7, 11) is 1.61. The summed E-state index contributed by atoms with van der Waals surface area (Å²) in [5.74, 6) is 0.462. The van der Waals surface area contributed by atoms with Gasteiger partial charge < -0.3 is 19.7 Å². The summed E-state index contributed by atoms with van der Waals surface area (Å²) >= 11 is 0. The van der Waals surface area contributed by atoms with Gasteiger partial charge in [-0.1, -0.05) is 24.3 Å². The van der Waals surface area contributed by atoms with E-state index in [1.54, 1.807) is 36.3 Å². The Morgan fingerprint density at radius 2 is 1.82 bits per heavy atom. The number of halogens is 1. The molecule has 1 unspecified atom stereocenters. The molecule has 1 aliphatic heterocycles. The van der Waals surface area contributed by atoms with E-state index in [0.717, 1.165) is 22.4 Å². The van der Waals surface area contributed by atoms with Crippen LogP contribution in [0.3, 0.4) is 0 Å². The van der Waals surface area contributed by atoms with Gasteiger partial charge >= 0.3 is 0 Å². The molecule has 7 heteroatoms. The van der Waals surface area contributed by atoms with E-state index in [4.69, 9.17) is 9.47 Å². The van der Waals surface area contributed by atoms with Crippen LogP contribution in [0.4, 0.5) is 10.1 Å². The zero-order valence-corrected chi connectivity index (χ0v) is 19.2. The Bertz CT molecular complexity index is 1180. The summed E-state index contributed by atoms with van der Waals surface area (Å²) in [5.41, 5.74) is 3.23. The molecule has 1 atom stereocenters. The predicted octanol–water partition coefficient (Wildman–Crippen LogP) is 4.71. The van der Waals surface area contributed by atoms with Crippen molar-refractivity contribution in [3.05, 3.63) is 89.2 Å². The monoisotopic (exact) mass is 462 g/mol. The minimum atomic E-state index is -0.408. The van der Waals surface area contributed by atoms with Crippen LogP contribution in [-0.4, -0.2) is 30.4 Å². The summed E-state index contributed by atoms with van der Waals surface area (Å²) in [6.07, 6.45) is 0.190. The lowest BCUT2D eigenvalue weighted by Crippen LogP contribution is -2.28. The average molecular weight is 463 g/mol. The molecule has 4 rings (SSSR count). The number of hydrogen-bond acceptors (Lipinski definition) is 4. The minimum Gasteiger partial charge on any atom is -0.497 e. The maximum absolute atomic E-state index is 13.3. The molecule has 1 heterocycles. The van der Waals surface area contributed by atoms with Crippen LogP contribution in [0.15, 0.2) is 66.7 Å². The van der Waals surface area contributed by atoms with Crippen molar-refractivity contribution in [1.82, 2.24) is 4.90 Å². The van der Waals surface area contributed by atoms with Gasteiger partial charge in [0.2, 0.25) is 11.8 Å². The molecule has 6 nitrogen and oxygen atoms in total. The molecular formula is C27H27FN2O4. The number of nitrogens with one attached hydrogen (secondary N) is 1. The summed E-state index contributed by atoms with van der Waals surface area (Å²) in [4.78, 5) is 27.0. The summed E-state index contributed by atoms with van der Waals surface area (Å²) in [5, 5.41) is 2.94. The van der Waals surface area contributed by atoms with E-state index in [1.807, 2.05) is 37.3 Å². The highest BCUT2D eigenvalue weighted by molar-refractivity contribution is 5.97. The third-order valence-corrected chi connectivity index (χ3v) is 5.87. The molecular weight excluding hydrogens is 435 g/mol. The second-order valence-electron chi connectivity index (χ2n) is 8.41. The van der Waals surface area contributed by atoms with Gasteiger partial charge in [-0.3, -0.25) is 9.59 Å². The van der Waals surface area contributed by atoms with E-state index in [9.17, 15) is 14.0 Å². The first kappa shape index (κ1) is 23.3. The lowest BCUT2D eigenvalue weighted by Gasteiger charge is -2.17. The fraction of sp³-hybridized carbons (Fsp3) is 0.259. The fourth-order valence-electron chi connectivity index (χ4n) is 3.95. The molecule has 1 fully saturated rings. The minimum absolute atomic E-state index is 0.0335. The van der Waals surface area contributed by atoms with E-state index in [-0.39, 0.29) is 30.7 Å². The molecule has 3 aromatic carbocycles. The Hall–Kier alpha value is -3.87. The van der Waals surface area contributed by atoms with Gasteiger partial charge in [0.15, 0.2) is 0 Å². The van der Waals surface area contributed by atoms with E-state index in [2.05, 4.69) is 5.32 Å². The van der Waals surface area contributed by atoms with Crippen LogP contribution in [0.1, 0.15) is 23.1 Å². The molecule has 34 heavy (non-hydrogen) atoms. The number of benzene rings is 3. The maximum atomic E-state index is 13.3. The number of aryl methyl sites for hydroxylation is 1. The maximum Gasteiger partial charge on any atom is 0.229 e. The highest BCUT2D eigenvalue weighted by atomic mass is 19.1. The summed E-state index contributed by atoms with van der Waals surface area (Å²) < 4.78 is 24.2. The smallest absolute Gasteiger partial charge is 0.229 e. The van der Waals surface area contributed by atoms with Gasteiger partial charge in [-0.2, -0.15) is 0 Å². The van der Waals surface area contributed by atoms with Gasteiger partial charge in [0.1, 0.15) is 23.9 Å². The van der Waals surface area contributed by atoms with Crippen molar-refractivity contribution in [3.8, 4) is 11.5 Å². The molecule has 1 aliphatic rings. The molecule has 0 aliphatic carbocycles. The van der Waals surface area contributed by atoms with Gasteiger partial charge in [0.05, 0.1) is 13.0 Å². The normalized spacial score (nSPS) is 15.3. The van der Waals surface area contributed by atoms with E-state index < -0.39 is 5.92 Å². The van der Waals surface area contributed by atoms with Gasteiger partial charge in [-0.25, -0.2) is 4.39 Å². The lowest BCUT2D eigenvalue weighted by atomic mass is 10.1. The lowest BCUT2D eigenvalue weighted by molar-refractivity contribution is -0.128. The van der Waals surface area contributed by atoms with Crippen LogP contribution in [0, 0.1) is 18.7 Å². The number of nitrogens with zero attached hydrogens (tertiary/aromatic N) is 1. The van der Waals surface area contributed by atoms with Gasteiger partial charge in [-0.05, 0) is 66.1 Å². The van der Waals surface area contributed by atoms with Gasteiger partial charge in [0, 0.05) is 25.2 Å². The number of ether oxygens (including phenoxy) is 2. The molecule has 3 aromatic rings. The summed E-state index contributed by atoms with van der Waals surface area (Å²) in [6.45, 7) is 2.96. The SMILES string of the molecule is COc1ccc(CN2CC(C(=O)Nc3ccc(OCc4cccc(F)c4)cc3C)CC2=O)cc1. The topological polar surface area (TPSA) is 67.9 Å². The average Bonchev–Trinajstić information content (AvgIpc) is 3.20. The van der Waals surface area contributed by atoms with Crippen LogP contribution < -0.4 is 14.8 Å². The van der Waals surface area contributed by atoms with Crippen molar-refractivity contribution in [1.29, 1.82) is 0 Å². The van der Waals surface area contributed by atoms with Crippen molar-refractivity contribution in [2.75, 3.05) is 19.0 Å². The fourth-order valence-corrected chi connectivity index (χ4v) is 3.95. The van der Waals surface area contributed by atoms with Gasteiger partial charge in [0.25, 0.3) is 0 Å². The summed E-state index contributed by atoms with van der Waals surface area (Å²) in [6, 6.07) is 19.2. The number of carbonyl (C=O) groups excluding carboxylic acids is 2. The van der Waals surface area contributed by atoms with E-state index >= 15 is 0 Å². The molecule has 1 saturated heterocycles. The highest BCUT2D eigenvalue weighted by Crippen LogP contribution is 2.26. The molecule has 176 valence electrons. The van der Waals surface area contributed by atoms with E-state index in [1.165, 1.54) is 12.1 Å². The largest absolute Gasteiger partial charge is 0.497 e. The second-order valence-corrected chi connectivity index (χ2v) is 8.41. The number of likely N-dealkylation sites (tertiary alicyclic amines) is 1. The molecule has 0 saturated carbocycles. The molecule has 1 N–H and O–H groups in total. The third-order valence-electron chi connectivity index (χ3n) is 5.87. The van der Waals surface area contributed by atoms with Crippen molar-refractivity contribution < 1.29 is 23.5 Å². The number of rotatable bonds is 8. The first-order valence-corrected chi connectivity index (χ1v) is 11.1. The molecule has 0 bridgehead atoms. The van der Waals surface area contributed by atoms with E-state index in [0.29, 0.717) is 24.5 Å². The van der Waals surface area contributed by atoms with Crippen molar-refractivity contribution >= 4 is 17.5 Å². The molecule has 0 aromatic heterocycles. The Morgan fingerprint density at radius 3 is 2.53 bits per heavy atom. The van der Waals surface area contributed by atoms with Crippen LogP contribution in [0.5, 0.6) is 11.5 Å². The number of anilines is 1. The Labute approximate surface area is 198 Å². The number of hydrogen-bond donors (Lipinski definition) is 1. The van der Waals surface area contributed by atoms with Gasteiger partial charge in [-0.15, -0.1) is 0 Å². The zero-order chi connectivity index (χ0) is 24.1. The standard InChI is InChI=1S/C27H27FN2O4/c1-18-12-24(34-17-20-4-3-5-22(28)13-20)10-11-25(18)29-27(32)21-14-26(31)30(16-21)15-19-6-8-23(33-2)9-7-19/h3-13,21H,14-17H2,1-2H3,(H,29,32). The number of methoxy groups -OCH3 is 1. The molecule has 2 amide bonds. The third kappa shape index (κ3) is 5.73. The van der Waals surface area contributed by atoms with Crippen LogP contribution in [0.2, 0.25) is 0 Å².